The van der Waals surface area contributed by atoms with Crippen LogP contribution in [0.2, 0.25) is 0 Å². The van der Waals surface area contributed by atoms with Crippen LogP contribution in [0.4, 0.5) is 4.39 Å². The van der Waals surface area contributed by atoms with E-state index in [-0.39, 0.29) is 23.4 Å². The molecule has 0 spiro atoms. The van der Waals surface area contributed by atoms with Crippen molar-refractivity contribution in [3.63, 3.8) is 0 Å². The van der Waals surface area contributed by atoms with Crippen LogP contribution < -0.4 is 0 Å². The fraction of sp³-hybridized carbons (Fsp3) is 0.375. The van der Waals surface area contributed by atoms with Crippen molar-refractivity contribution < 1.29 is 28.6 Å². The SMILES string of the molecule is COC(=O)c1[nH]c(C)c(C(O)=C2C(=O)C(=O)N(CCCN(C)C)[C@H]2c2cccc(F)c2)c1C. The summed E-state index contributed by atoms with van der Waals surface area (Å²) in [7, 11) is 5.03. The molecule has 1 aliphatic rings. The molecule has 0 radical (unpaired) electrons. The van der Waals surface area contributed by atoms with Gasteiger partial charge in [-0.3, -0.25) is 9.59 Å². The zero-order chi connectivity index (χ0) is 24.4. The molecular formula is C24H28FN3O5. The molecule has 0 unspecified atom stereocenters. The predicted octanol–water partition coefficient (Wildman–Crippen LogP) is 2.93. The molecule has 1 aromatic heterocycles. The number of ketones is 1. The van der Waals surface area contributed by atoms with E-state index in [1.165, 1.54) is 30.2 Å². The summed E-state index contributed by atoms with van der Waals surface area (Å²) in [6, 6.07) is 4.66. The highest BCUT2D eigenvalue weighted by Gasteiger charge is 2.46. The smallest absolute Gasteiger partial charge is 0.354 e. The van der Waals surface area contributed by atoms with Crippen LogP contribution in [-0.2, 0) is 14.3 Å². The Bertz CT molecular complexity index is 1140. The van der Waals surface area contributed by atoms with Crippen LogP contribution in [0.5, 0.6) is 0 Å². The summed E-state index contributed by atoms with van der Waals surface area (Å²) < 4.78 is 18.9. The third kappa shape index (κ3) is 4.54. The Kier molecular flexibility index (Phi) is 7.02. The first-order valence-electron chi connectivity index (χ1n) is 10.5. The number of hydrogen-bond acceptors (Lipinski definition) is 6. The number of aliphatic hydroxyl groups is 1. The van der Waals surface area contributed by atoms with Crippen molar-refractivity contribution in [3.8, 4) is 0 Å². The molecule has 0 aliphatic carbocycles. The van der Waals surface area contributed by atoms with Crippen LogP contribution in [0.3, 0.4) is 0 Å². The lowest BCUT2D eigenvalue weighted by molar-refractivity contribution is -0.139. The van der Waals surface area contributed by atoms with Gasteiger partial charge in [0.25, 0.3) is 11.7 Å². The summed E-state index contributed by atoms with van der Waals surface area (Å²) in [5, 5.41) is 11.3. The number of carbonyl (C=O) groups is 3. The second-order valence-electron chi connectivity index (χ2n) is 8.32. The van der Waals surface area contributed by atoms with E-state index in [0.29, 0.717) is 29.8 Å². The summed E-state index contributed by atoms with van der Waals surface area (Å²) in [6.45, 7) is 4.17. The van der Waals surface area contributed by atoms with Crippen molar-refractivity contribution in [3.05, 3.63) is 63.7 Å². The molecule has 1 fully saturated rings. The third-order valence-corrected chi connectivity index (χ3v) is 5.77. The molecule has 0 saturated carbocycles. The Hall–Kier alpha value is -3.46. The number of amides is 1. The lowest BCUT2D eigenvalue weighted by Gasteiger charge is -2.26. The molecule has 1 aliphatic heterocycles. The average Bonchev–Trinajstić information content (AvgIpc) is 3.20. The van der Waals surface area contributed by atoms with E-state index in [2.05, 4.69) is 4.98 Å². The summed E-state index contributed by atoms with van der Waals surface area (Å²) >= 11 is 0. The second-order valence-corrected chi connectivity index (χ2v) is 8.32. The second kappa shape index (κ2) is 9.58. The molecule has 0 bridgehead atoms. The molecular weight excluding hydrogens is 429 g/mol. The number of aliphatic hydroxyl groups excluding tert-OH is 1. The molecule has 1 atom stereocenters. The van der Waals surface area contributed by atoms with Crippen LogP contribution in [-0.4, -0.2) is 71.8 Å². The van der Waals surface area contributed by atoms with Gasteiger partial charge in [-0.15, -0.1) is 0 Å². The number of carbonyl (C=O) groups excluding carboxylic acids is 3. The molecule has 3 rings (SSSR count). The van der Waals surface area contributed by atoms with Crippen LogP contribution in [0, 0.1) is 19.7 Å². The van der Waals surface area contributed by atoms with Gasteiger partial charge in [-0.1, -0.05) is 12.1 Å². The Balaban J connectivity index is 2.18. The van der Waals surface area contributed by atoms with E-state index in [1.807, 2.05) is 19.0 Å². The number of benzene rings is 1. The number of aryl methyl sites for hydroxylation is 1. The number of rotatable bonds is 7. The third-order valence-electron chi connectivity index (χ3n) is 5.77. The van der Waals surface area contributed by atoms with Crippen LogP contribution in [0.15, 0.2) is 29.8 Å². The number of likely N-dealkylation sites (tertiary alicyclic amines) is 1. The average molecular weight is 458 g/mol. The van der Waals surface area contributed by atoms with E-state index in [1.54, 1.807) is 19.9 Å². The van der Waals surface area contributed by atoms with E-state index in [9.17, 15) is 23.9 Å². The molecule has 8 nitrogen and oxygen atoms in total. The lowest BCUT2D eigenvalue weighted by Crippen LogP contribution is -2.32. The normalized spacial score (nSPS) is 17.8. The maximum absolute atomic E-state index is 14.1. The van der Waals surface area contributed by atoms with E-state index in [0.717, 1.165) is 0 Å². The molecule has 2 aromatic rings. The number of nitrogens with zero attached hydrogens (tertiary/aromatic N) is 2. The fourth-order valence-corrected chi connectivity index (χ4v) is 4.24. The number of hydrogen-bond donors (Lipinski definition) is 2. The molecule has 176 valence electrons. The maximum Gasteiger partial charge on any atom is 0.354 e. The van der Waals surface area contributed by atoms with Gasteiger partial charge in [-0.2, -0.15) is 0 Å². The summed E-state index contributed by atoms with van der Waals surface area (Å²) in [6.07, 6.45) is 0.584. The van der Waals surface area contributed by atoms with E-state index < -0.39 is 35.3 Å². The molecule has 2 heterocycles. The molecule has 9 heteroatoms. The summed E-state index contributed by atoms with van der Waals surface area (Å²) in [5.41, 5.74) is 1.43. The van der Waals surface area contributed by atoms with E-state index in [4.69, 9.17) is 4.74 Å². The number of H-pyrrole nitrogens is 1. The standard InChI is InChI=1S/C24H28FN3O5/c1-13-17(14(2)26-19(13)24(32)33-5)21(29)18-20(15-8-6-9-16(25)12-15)28(23(31)22(18)30)11-7-10-27(3)4/h6,8-9,12,20,26,29H,7,10-11H2,1-5H3/t20-/m0/s1. The molecule has 33 heavy (non-hydrogen) atoms. The highest BCUT2D eigenvalue weighted by atomic mass is 19.1. The first-order chi connectivity index (χ1) is 15.6. The van der Waals surface area contributed by atoms with Crippen molar-refractivity contribution >= 4 is 23.4 Å². The van der Waals surface area contributed by atoms with Gasteiger partial charge in [0.1, 0.15) is 17.3 Å². The Morgan fingerprint density at radius 1 is 1.27 bits per heavy atom. The summed E-state index contributed by atoms with van der Waals surface area (Å²) in [5.74, 6) is -3.18. The summed E-state index contributed by atoms with van der Waals surface area (Å²) in [4.78, 5) is 44.3. The van der Waals surface area contributed by atoms with E-state index >= 15 is 0 Å². The van der Waals surface area contributed by atoms with Crippen molar-refractivity contribution in [2.75, 3.05) is 34.3 Å². The minimum absolute atomic E-state index is 0.138. The van der Waals surface area contributed by atoms with Crippen molar-refractivity contribution in [2.24, 2.45) is 0 Å². The maximum atomic E-state index is 14.1. The van der Waals surface area contributed by atoms with Gasteiger partial charge in [0.15, 0.2) is 0 Å². The quantitative estimate of drug-likeness (QED) is 0.287. The van der Waals surface area contributed by atoms with Crippen LogP contribution in [0.1, 0.15) is 45.3 Å². The monoisotopic (exact) mass is 457 g/mol. The van der Waals surface area contributed by atoms with Gasteiger partial charge in [0.2, 0.25) is 0 Å². The first kappa shape index (κ1) is 24.2. The Labute approximate surface area is 191 Å². The first-order valence-corrected chi connectivity index (χ1v) is 10.5. The van der Waals surface area contributed by atoms with Crippen LogP contribution >= 0.6 is 0 Å². The van der Waals surface area contributed by atoms with Crippen molar-refractivity contribution in [1.82, 2.24) is 14.8 Å². The molecule has 1 amide bonds. The predicted molar refractivity (Wildman–Crippen MR) is 120 cm³/mol. The molecule has 2 N–H and O–H groups in total. The minimum atomic E-state index is -0.960. The Morgan fingerprint density at radius 2 is 1.97 bits per heavy atom. The number of aromatic nitrogens is 1. The topological polar surface area (TPSA) is 103 Å². The number of methoxy groups -OCH3 is 1. The van der Waals surface area contributed by atoms with Gasteiger partial charge < -0.3 is 24.6 Å². The van der Waals surface area contributed by atoms with Gasteiger partial charge in [0, 0.05) is 17.8 Å². The largest absolute Gasteiger partial charge is 0.507 e. The Morgan fingerprint density at radius 3 is 2.58 bits per heavy atom. The van der Waals surface area contributed by atoms with Gasteiger partial charge in [0.05, 0.1) is 18.7 Å². The number of Topliss-reactive ketones (excluding diaryl/α,β-unsaturated/α-hetero) is 1. The highest BCUT2D eigenvalue weighted by Crippen LogP contribution is 2.41. The highest BCUT2D eigenvalue weighted by molar-refractivity contribution is 6.46. The van der Waals surface area contributed by atoms with Crippen molar-refractivity contribution in [1.29, 1.82) is 0 Å². The van der Waals surface area contributed by atoms with Gasteiger partial charge >= 0.3 is 5.97 Å². The number of halogens is 1. The number of nitrogens with one attached hydrogen (secondary N) is 1. The zero-order valence-corrected chi connectivity index (χ0v) is 19.4. The molecule has 1 aromatic carbocycles. The zero-order valence-electron chi connectivity index (χ0n) is 19.4. The fourth-order valence-electron chi connectivity index (χ4n) is 4.24. The minimum Gasteiger partial charge on any atom is -0.507 e. The number of esters is 1. The van der Waals surface area contributed by atoms with Gasteiger partial charge in [-0.25, -0.2) is 9.18 Å². The van der Waals surface area contributed by atoms with Gasteiger partial charge in [-0.05, 0) is 64.2 Å². The van der Waals surface area contributed by atoms with Crippen molar-refractivity contribution in [2.45, 2.75) is 26.3 Å². The lowest BCUT2D eigenvalue weighted by atomic mass is 9.94. The number of aromatic amines is 1. The number of ether oxygens (including phenoxy) is 1. The molecule has 1 saturated heterocycles. The van der Waals surface area contributed by atoms with Crippen LogP contribution in [0.25, 0.3) is 5.76 Å².